The molecule has 176 valence electrons. The van der Waals surface area contributed by atoms with Gasteiger partial charge in [-0.15, -0.1) is 0 Å². The predicted molar refractivity (Wildman–Crippen MR) is 126 cm³/mol. The van der Waals surface area contributed by atoms with Crippen LogP contribution >= 0.6 is 0 Å². The molecule has 7 nitrogen and oxygen atoms in total. The number of aliphatic carboxylic acids is 1. The standard InChI is InChI=1S/C26H32N2O5/c1-17(25(30)31)14-15-27-24(29)13-7-8-18(2)28-26(32)33-16-23-21-11-5-3-9-19(21)20-10-4-6-12-22(20)23/h3-6,9-12,17-18,23H,7-8,13-16H2,1-2H3,(H,27,29)(H,28,32)(H,30,31). The monoisotopic (exact) mass is 452 g/mol. The van der Waals surface area contributed by atoms with Gasteiger partial charge < -0.3 is 20.5 Å². The molecule has 3 rings (SSSR count). The van der Waals surface area contributed by atoms with Gasteiger partial charge in [-0.25, -0.2) is 4.79 Å². The summed E-state index contributed by atoms with van der Waals surface area (Å²) in [7, 11) is 0. The molecule has 1 aliphatic carbocycles. The number of carboxylic acid groups (broad SMARTS) is 1. The average Bonchev–Trinajstić information content (AvgIpc) is 3.11. The van der Waals surface area contributed by atoms with Gasteiger partial charge in [0.25, 0.3) is 0 Å². The zero-order valence-electron chi connectivity index (χ0n) is 19.2. The maximum atomic E-state index is 12.3. The molecule has 0 radical (unpaired) electrons. The summed E-state index contributed by atoms with van der Waals surface area (Å²) in [5.74, 6) is -1.43. The van der Waals surface area contributed by atoms with E-state index in [4.69, 9.17) is 9.84 Å². The summed E-state index contributed by atoms with van der Waals surface area (Å²) in [5.41, 5.74) is 4.71. The molecule has 0 bridgehead atoms. The van der Waals surface area contributed by atoms with E-state index in [1.54, 1.807) is 6.92 Å². The maximum Gasteiger partial charge on any atom is 0.407 e. The molecule has 1 aliphatic rings. The molecule has 7 heteroatoms. The topological polar surface area (TPSA) is 105 Å². The number of benzene rings is 2. The molecule has 0 fully saturated rings. The number of hydrogen-bond acceptors (Lipinski definition) is 4. The number of alkyl carbamates (subject to hydrolysis) is 1. The van der Waals surface area contributed by atoms with Crippen molar-refractivity contribution in [1.29, 1.82) is 0 Å². The molecule has 0 spiro atoms. The van der Waals surface area contributed by atoms with Crippen LogP contribution in [0.1, 0.15) is 56.6 Å². The molecule has 3 N–H and O–H groups in total. The predicted octanol–water partition coefficient (Wildman–Crippen LogP) is 4.31. The minimum Gasteiger partial charge on any atom is -0.481 e. The van der Waals surface area contributed by atoms with Gasteiger partial charge in [0.15, 0.2) is 0 Å². The molecule has 0 saturated heterocycles. The van der Waals surface area contributed by atoms with Crippen molar-refractivity contribution >= 4 is 18.0 Å². The van der Waals surface area contributed by atoms with Gasteiger partial charge in [-0.2, -0.15) is 0 Å². The van der Waals surface area contributed by atoms with E-state index in [1.807, 2.05) is 31.2 Å². The third kappa shape index (κ3) is 6.57. The molecule has 0 aliphatic heterocycles. The van der Waals surface area contributed by atoms with E-state index in [1.165, 1.54) is 22.3 Å². The van der Waals surface area contributed by atoms with Crippen molar-refractivity contribution in [2.45, 2.75) is 51.5 Å². The van der Waals surface area contributed by atoms with Crippen LogP contribution in [0, 0.1) is 5.92 Å². The van der Waals surface area contributed by atoms with Crippen molar-refractivity contribution in [2.24, 2.45) is 5.92 Å². The first-order valence-corrected chi connectivity index (χ1v) is 11.5. The van der Waals surface area contributed by atoms with Gasteiger partial charge in [-0.3, -0.25) is 9.59 Å². The van der Waals surface area contributed by atoms with Crippen LogP contribution in [0.3, 0.4) is 0 Å². The Balaban J connectivity index is 1.37. The minimum atomic E-state index is -0.864. The second-order valence-electron chi connectivity index (χ2n) is 8.64. The zero-order chi connectivity index (χ0) is 23.8. The lowest BCUT2D eigenvalue weighted by atomic mass is 9.98. The van der Waals surface area contributed by atoms with Gasteiger partial charge in [0.1, 0.15) is 6.61 Å². The van der Waals surface area contributed by atoms with Crippen molar-refractivity contribution < 1.29 is 24.2 Å². The van der Waals surface area contributed by atoms with Gasteiger partial charge in [-0.05, 0) is 48.4 Å². The van der Waals surface area contributed by atoms with Crippen molar-refractivity contribution in [1.82, 2.24) is 10.6 Å². The Labute approximate surface area is 194 Å². The van der Waals surface area contributed by atoms with Gasteiger partial charge >= 0.3 is 12.1 Å². The summed E-state index contributed by atoms with van der Waals surface area (Å²) in [6, 6.07) is 16.3. The van der Waals surface area contributed by atoms with Crippen LogP contribution in [-0.4, -0.2) is 42.3 Å². The van der Waals surface area contributed by atoms with Gasteiger partial charge in [0.2, 0.25) is 5.91 Å². The molecule has 2 amide bonds. The number of fused-ring (bicyclic) bond motifs is 3. The molecule has 33 heavy (non-hydrogen) atoms. The lowest BCUT2D eigenvalue weighted by Gasteiger charge is -2.17. The number of nitrogens with one attached hydrogen (secondary N) is 2. The maximum absolute atomic E-state index is 12.3. The normalized spacial score (nSPS) is 14.0. The summed E-state index contributed by atoms with van der Waals surface area (Å²) in [6.07, 6.45) is 1.53. The molecule has 2 atom stereocenters. The number of hydrogen-bond donors (Lipinski definition) is 3. The first kappa shape index (κ1) is 24.3. The third-order valence-electron chi connectivity index (χ3n) is 6.07. The number of carbonyl (C=O) groups is 3. The highest BCUT2D eigenvalue weighted by molar-refractivity contribution is 5.79. The van der Waals surface area contributed by atoms with Crippen molar-refractivity contribution in [3.63, 3.8) is 0 Å². The second-order valence-corrected chi connectivity index (χ2v) is 8.64. The Morgan fingerprint density at radius 2 is 1.58 bits per heavy atom. The Kier molecular flexibility index (Phi) is 8.46. The van der Waals surface area contributed by atoms with E-state index < -0.39 is 18.0 Å². The molecule has 2 aromatic rings. The van der Waals surface area contributed by atoms with Gasteiger partial charge in [0, 0.05) is 24.9 Å². The highest BCUT2D eigenvalue weighted by atomic mass is 16.5. The van der Waals surface area contributed by atoms with E-state index in [0.717, 1.165) is 0 Å². The minimum absolute atomic E-state index is 0.0194. The fourth-order valence-corrected chi connectivity index (χ4v) is 4.12. The first-order chi connectivity index (χ1) is 15.9. The largest absolute Gasteiger partial charge is 0.481 e. The lowest BCUT2D eigenvalue weighted by Crippen LogP contribution is -2.34. The van der Waals surface area contributed by atoms with Crippen LogP contribution in [-0.2, 0) is 14.3 Å². The summed E-state index contributed by atoms with van der Waals surface area (Å²) >= 11 is 0. The number of rotatable bonds is 11. The van der Waals surface area contributed by atoms with Crippen LogP contribution < -0.4 is 10.6 Å². The van der Waals surface area contributed by atoms with Gasteiger partial charge in [0.05, 0.1) is 5.92 Å². The molecule has 2 aromatic carbocycles. The summed E-state index contributed by atoms with van der Waals surface area (Å²) < 4.78 is 5.56. The van der Waals surface area contributed by atoms with E-state index >= 15 is 0 Å². The molecule has 0 aromatic heterocycles. The number of carbonyl (C=O) groups excluding carboxylic acids is 2. The molecule has 0 saturated carbocycles. The van der Waals surface area contributed by atoms with Crippen LogP contribution in [0.25, 0.3) is 11.1 Å². The SMILES string of the molecule is CC(CCCC(=O)NCCC(C)C(=O)O)NC(=O)OCC1c2ccccc2-c2ccccc21. The van der Waals surface area contributed by atoms with Crippen molar-refractivity contribution in [3.8, 4) is 11.1 Å². The summed E-state index contributed by atoms with van der Waals surface area (Å²) in [5, 5.41) is 14.4. The zero-order valence-corrected chi connectivity index (χ0v) is 19.2. The molecule has 2 unspecified atom stereocenters. The Hall–Kier alpha value is -3.35. The van der Waals surface area contributed by atoms with E-state index in [0.29, 0.717) is 32.2 Å². The van der Waals surface area contributed by atoms with Crippen molar-refractivity contribution in [2.75, 3.05) is 13.2 Å². The van der Waals surface area contributed by atoms with E-state index in [9.17, 15) is 14.4 Å². The fraction of sp³-hybridized carbons (Fsp3) is 0.423. The summed E-state index contributed by atoms with van der Waals surface area (Å²) in [6.45, 7) is 4.11. The van der Waals surface area contributed by atoms with Crippen LogP contribution in [0.2, 0.25) is 0 Å². The smallest absolute Gasteiger partial charge is 0.407 e. The summed E-state index contributed by atoms with van der Waals surface area (Å²) in [4.78, 5) is 35.0. The fourth-order valence-electron chi connectivity index (χ4n) is 4.12. The first-order valence-electron chi connectivity index (χ1n) is 11.5. The number of amides is 2. The van der Waals surface area contributed by atoms with Gasteiger partial charge in [-0.1, -0.05) is 55.5 Å². The second kappa shape index (κ2) is 11.5. The van der Waals surface area contributed by atoms with Crippen LogP contribution in [0.4, 0.5) is 4.79 Å². The average molecular weight is 453 g/mol. The van der Waals surface area contributed by atoms with Crippen LogP contribution in [0.5, 0.6) is 0 Å². The van der Waals surface area contributed by atoms with Crippen molar-refractivity contribution in [3.05, 3.63) is 59.7 Å². The third-order valence-corrected chi connectivity index (χ3v) is 6.07. The molecular weight excluding hydrogens is 420 g/mol. The Bertz CT molecular complexity index is 945. The van der Waals surface area contributed by atoms with Crippen LogP contribution in [0.15, 0.2) is 48.5 Å². The Morgan fingerprint density at radius 1 is 0.970 bits per heavy atom. The van der Waals surface area contributed by atoms with E-state index in [-0.39, 0.29) is 24.5 Å². The lowest BCUT2D eigenvalue weighted by molar-refractivity contribution is -0.141. The number of carboxylic acids is 1. The highest BCUT2D eigenvalue weighted by Crippen LogP contribution is 2.44. The van der Waals surface area contributed by atoms with E-state index in [2.05, 4.69) is 34.9 Å². The molecule has 0 heterocycles. The highest BCUT2D eigenvalue weighted by Gasteiger charge is 2.29. The quantitative estimate of drug-likeness (QED) is 0.471. The molecular formula is C26H32N2O5. The Morgan fingerprint density at radius 3 is 2.18 bits per heavy atom. The number of ether oxygens (including phenoxy) is 1.